The van der Waals surface area contributed by atoms with Crippen LogP contribution in [0, 0.1) is 0 Å². The third-order valence-electron chi connectivity index (χ3n) is 2.43. The molecule has 3 rings (SSSR count). The summed E-state index contributed by atoms with van der Waals surface area (Å²) < 4.78 is 2.09. The molecule has 0 aliphatic heterocycles. The van der Waals surface area contributed by atoms with Crippen molar-refractivity contribution in [1.29, 1.82) is 0 Å². The van der Waals surface area contributed by atoms with E-state index in [2.05, 4.69) is 47.0 Å². The minimum atomic E-state index is 0.708. The fourth-order valence-electron chi connectivity index (χ4n) is 1.60. The Morgan fingerprint density at radius 2 is 1.89 bits per heavy atom. The maximum absolute atomic E-state index is 4.51. The molecule has 0 saturated carbocycles. The van der Waals surface area contributed by atoms with Gasteiger partial charge in [-0.3, -0.25) is 5.10 Å². The van der Waals surface area contributed by atoms with Gasteiger partial charge in [0.15, 0.2) is 11.6 Å². The molecule has 0 bridgehead atoms. The molecule has 0 amide bonds. The first kappa shape index (κ1) is 12.1. The van der Waals surface area contributed by atoms with E-state index >= 15 is 0 Å². The van der Waals surface area contributed by atoms with Gasteiger partial charge in [0, 0.05) is 11.1 Å². The summed E-state index contributed by atoms with van der Waals surface area (Å²) >= 11 is 8.59. The van der Waals surface area contributed by atoms with Gasteiger partial charge >= 0.3 is 0 Å². The Labute approximate surface area is 125 Å². The zero-order chi connectivity index (χ0) is 12.5. The molecule has 0 spiro atoms. The summed E-state index contributed by atoms with van der Waals surface area (Å²) in [5.74, 6) is 1.47. The highest BCUT2D eigenvalue weighted by atomic mass is 79.9. The van der Waals surface area contributed by atoms with Gasteiger partial charge in [-0.05, 0) is 37.9 Å². The number of hydrogen-bond acceptors (Lipinski definition) is 3. The van der Waals surface area contributed by atoms with E-state index in [0.29, 0.717) is 5.82 Å². The molecular weight excluding hydrogens is 378 g/mol. The van der Waals surface area contributed by atoms with E-state index in [0.717, 1.165) is 24.5 Å². The number of rotatable bonds is 2. The summed E-state index contributed by atoms with van der Waals surface area (Å²) in [6.07, 6.45) is 0. The molecule has 0 aliphatic rings. The Hall–Kier alpha value is -0.980. The van der Waals surface area contributed by atoms with Gasteiger partial charge in [-0.25, -0.2) is 4.98 Å². The number of benzene rings is 1. The van der Waals surface area contributed by atoms with Crippen molar-refractivity contribution in [3.8, 4) is 22.8 Å². The molecule has 0 saturated heterocycles. The molecule has 3 nitrogen and oxygen atoms in total. The second-order valence-corrected chi connectivity index (χ2v) is 7.36. The van der Waals surface area contributed by atoms with Crippen LogP contribution in [-0.4, -0.2) is 15.2 Å². The molecule has 90 valence electrons. The van der Waals surface area contributed by atoms with Gasteiger partial charge in [-0.15, -0.1) is 11.3 Å². The smallest absolute Gasteiger partial charge is 0.181 e. The third-order valence-corrected chi connectivity index (χ3v) is 4.77. The number of hydrogen-bond donors (Lipinski definition) is 1. The average Bonchev–Trinajstić information content (AvgIpc) is 2.97. The Kier molecular flexibility index (Phi) is 3.32. The zero-order valence-corrected chi connectivity index (χ0v) is 13.0. The molecule has 2 heterocycles. The number of nitrogens with zero attached hydrogens (tertiary/aromatic N) is 2. The number of thiophene rings is 1. The Morgan fingerprint density at radius 3 is 2.56 bits per heavy atom. The Morgan fingerprint density at radius 1 is 1.11 bits per heavy atom. The lowest BCUT2D eigenvalue weighted by Crippen LogP contribution is -1.79. The highest BCUT2D eigenvalue weighted by Gasteiger charge is 2.12. The third kappa shape index (κ3) is 2.28. The molecule has 0 unspecified atom stereocenters. The highest BCUT2D eigenvalue weighted by Crippen LogP contribution is 2.37. The van der Waals surface area contributed by atoms with E-state index in [4.69, 9.17) is 0 Å². The topological polar surface area (TPSA) is 41.6 Å². The van der Waals surface area contributed by atoms with Crippen molar-refractivity contribution in [2.45, 2.75) is 0 Å². The Balaban J connectivity index is 2.02. The van der Waals surface area contributed by atoms with Gasteiger partial charge in [0.25, 0.3) is 0 Å². The van der Waals surface area contributed by atoms with Crippen molar-refractivity contribution < 1.29 is 0 Å². The summed E-state index contributed by atoms with van der Waals surface area (Å²) in [4.78, 5) is 4.51. The van der Waals surface area contributed by atoms with Crippen LogP contribution >= 0.6 is 43.2 Å². The van der Waals surface area contributed by atoms with Crippen molar-refractivity contribution in [3.63, 3.8) is 0 Å². The average molecular weight is 385 g/mol. The van der Waals surface area contributed by atoms with E-state index < -0.39 is 0 Å². The van der Waals surface area contributed by atoms with E-state index in [1.165, 1.54) is 0 Å². The SMILES string of the molecule is Brc1cc(-c2nc(-c3ccccc3)n[nH]2)c(Br)s1. The van der Waals surface area contributed by atoms with Crippen molar-refractivity contribution in [3.05, 3.63) is 44.0 Å². The van der Waals surface area contributed by atoms with Crippen molar-refractivity contribution in [2.24, 2.45) is 0 Å². The lowest BCUT2D eigenvalue weighted by atomic mass is 10.2. The fraction of sp³-hybridized carbons (Fsp3) is 0. The summed E-state index contributed by atoms with van der Waals surface area (Å²) in [7, 11) is 0. The minimum Gasteiger partial charge on any atom is -0.259 e. The minimum absolute atomic E-state index is 0.708. The van der Waals surface area contributed by atoms with Crippen LogP contribution in [0.3, 0.4) is 0 Å². The highest BCUT2D eigenvalue weighted by molar-refractivity contribution is 9.12. The number of aromatic amines is 1. The van der Waals surface area contributed by atoms with Crippen LogP contribution in [-0.2, 0) is 0 Å². The normalized spacial score (nSPS) is 10.8. The summed E-state index contributed by atoms with van der Waals surface area (Å²) in [5, 5.41) is 7.21. The maximum Gasteiger partial charge on any atom is 0.181 e. The molecule has 3 aromatic rings. The summed E-state index contributed by atoms with van der Waals surface area (Å²) in [6, 6.07) is 11.9. The molecule has 0 radical (unpaired) electrons. The first-order valence-corrected chi connectivity index (χ1v) is 7.57. The van der Waals surface area contributed by atoms with Crippen LogP contribution in [0.1, 0.15) is 0 Å². The second-order valence-electron chi connectivity index (χ2n) is 3.61. The quantitative estimate of drug-likeness (QED) is 0.694. The zero-order valence-electron chi connectivity index (χ0n) is 9.02. The van der Waals surface area contributed by atoms with Crippen molar-refractivity contribution >= 4 is 43.2 Å². The molecule has 1 aromatic carbocycles. The van der Waals surface area contributed by atoms with Crippen LogP contribution < -0.4 is 0 Å². The fourth-order valence-corrected chi connectivity index (χ4v) is 4.41. The van der Waals surface area contributed by atoms with Gasteiger partial charge in [0.2, 0.25) is 0 Å². The maximum atomic E-state index is 4.51. The number of halogens is 2. The first-order valence-electron chi connectivity index (χ1n) is 5.17. The first-order chi connectivity index (χ1) is 8.74. The van der Waals surface area contributed by atoms with Crippen LogP contribution in [0.4, 0.5) is 0 Å². The largest absolute Gasteiger partial charge is 0.259 e. The number of aromatic nitrogens is 3. The predicted molar refractivity (Wildman–Crippen MR) is 80.5 cm³/mol. The standard InChI is InChI=1S/C12H7Br2N3S/c13-9-6-8(10(14)18-9)12-15-11(16-17-12)7-4-2-1-3-5-7/h1-6H,(H,15,16,17). The van der Waals surface area contributed by atoms with E-state index in [1.807, 2.05) is 36.4 Å². The van der Waals surface area contributed by atoms with Crippen LogP contribution in [0.2, 0.25) is 0 Å². The van der Waals surface area contributed by atoms with Gasteiger partial charge in [-0.2, -0.15) is 5.10 Å². The van der Waals surface area contributed by atoms with Crippen LogP contribution in [0.25, 0.3) is 22.8 Å². The van der Waals surface area contributed by atoms with Gasteiger partial charge in [-0.1, -0.05) is 30.3 Å². The van der Waals surface area contributed by atoms with Crippen molar-refractivity contribution in [2.75, 3.05) is 0 Å². The van der Waals surface area contributed by atoms with Crippen molar-refractivity contribution in [1.82, 2.24) is 15.2 Å². The van der Waals surface area contributed by atoms with E-state index in [1.54, 1.807) is 11.3 Å². The lowest BCUT2D eigenvalue weighted by molar-refractivity contribution is 1.10. The van der Waals surface area contributed by atoms with Gasteiger partial charge in [0.05, 0.1) is 7.57 Å². The molecular formula is C12H7Br2N3S. The Bertz CT molecular complexity index is 676. The molecule has 0 atom stereocenters. The summed E-state index contributed by atoms with van der Waals surface area (Å²) in [5.41, 5.74) is 2.02. The molecule has 0 aliphatic carbocycles. The molecule has 6 heteroatoms. The predicted octanol–water partition coefficient (Wildman–Crippen LogP) is 4.73. The lowest BCUT2D eigenvalue weighted by Gasteiger charge is -1.92. The van der Waals surface area contributed by atoms with Gasteiger partial charge in [0.1, 0.15) is 0 Å². The molecule has 18 heavy (non-hydrogen) atoms. The van der Waals surface area contributed by atoms with E-state index in [9.17, 15) is 0 Å². The van der Waals surface area contributed by atoms with Crippen LogP contribution in [0.15, 0.2) is 44.0 Å². The van der Waals surface area contributed by atoms with Crippen LogP contribution in [0.5, 0.6) is 0 Å². The van der Waals surface area contributed by atoms with Gasteiger partial charge < -0.3 is 0 Å². The van der Waals surface area contributed by atoms with E-state index in [-0.39, 0.29) is 0 Å². The number of H-pyrrole nitrogens is 1. The molecule has 0 fully saturated rings. The monoisotopic (exact) mass is 383 g/mol. The number of nitrogens with one attached hydrogen (secondary N) is 1. The molecule has 1 N–H and O–H groups in total. The summed E-state index contributed by atoms with van der Waals surface area (Å²) in [6.45, 7) is 0. The molecule has 2 aromatic heterocycles. The second kappa shape index (κ2) is 4.95.